The van der Waals surface area contributed by atoms with Gasteiger partial charge in [0.05, 0.1) is 5.56 Å². The summed E-state index contributed by atoms with van der Waals surface area (Å²) in [5.41, 5.74) is 1.91. The molecule has 0 bridgehead atoms. The van der Waals surface area contributed by atoms with Gasteiger partial charge in [-0.15, -0.1) is 11.3 Å². The van der Waals surface area contributed by atoms with E-state index in [4.69, 9.17) is 0 Å². The maximum Gasteiger partial charge on any atom is 0.324 e. The Bertz CT molecular complexity index is 1050. The fourth-order valence-corrected chi connectivity index (χ4v) is 4.76. The fourth-order valence-electron chi connectivity index (χ4n) is 3.66. The standard InChI is InChI=1S/C25H34N4O3S/c1-24(2,3)17-9-7-8-10-18(17)27-23(32)28-21-16(15-19(33-21)25(4,5)6)22(31)29-13-11-20(30)26-12-14-29/h7-10,15H,11-14H2,1-6H3,(H,26,30)(H2,27,28,32). The van der Waals surface area contributed by atoms with E-state index in [0.29, 0.717) is 30.2 Å². The molecule has 1 aliphatic rings. The van der Waals surface area contributed by atoms with Crippen molar-refractivity contribution < 1.29 is 14.4 Å². The number of carbonyl (C=O) groups is 3. The Balaban J connectivity index is 1.87. The van der Waals surface area contributed by atoms with Crippen molar-refractivity contribution >= 4 is 39.9 Å². The van der Waals surface area contributed by atoms with Crippen LogP contribution in [0, 0.1) is 0 Å². The number of carbonyl (C=O) groups excluding carboxylic acids is 3. The van der Waals surface area contributed by atoms with Crippen LogP contribution in [-0.2, 0) is 15.6 Å². The highest BCUT2D eigenvalue weighted by atomic mass is 32.1. The molecular weight excluding hydrogens is 436 g/mol. The SMILES string of the molecule is CC(C)(C)c1cc(C(=O)N2CCNC(=O)CC2)c(NC(=O)Nc2ccccc2C(C)(C)C)s1. The Hall–Kier alpha value is -2.87. The van der Waals surface area contributed by atoms with Crippen LogP contribution in [0.5, 0.6) is 0 Å². The quantitative estimate of drug-likeness (QED) is 0.593. The van der Waals surface area contributed by atoms with Gasteiger partial charge in [0.25, 0.3) is 5.91 Å². The van der Waals surface area contributed by atoms with Crippen LogP contribution in [0.25, 0.3) is 0 Å². The molecule has 4 amide bonds. The number of benzene rings is 1. The Morgan fingerprint density at radius 2 is 1.70 bits per heavy atom. The van der Waals surface area contributed by atoms with Gasteiger partial charge in [-0.05, 0) is 28.5 Å². The first-order valence-electron chi connectivity index (χ1n) is 11.2. The van der Waals surface area contributed by atoms with E-state index in [1.165, 1.54) is 11.3 Å². The number of hydrogen-bond acceptors (Lipinski definition) is 4. The second-order valence-electron chi connectivity index (χ2n) is 10.4. The predicted octanol–water partition coefficient (Wildman–Crippen LogP) is 4.95. The molecule has 0 atom stereocenters. The summed E-state index contributed by atoms with van der Waals surface area (Å²) in [6.07, 6.45) is 0.273. The summed E-state index contributed by atoms with van der Waals surface area (Å²) in [5, 5.41) is 9.17. The zero-order valence-corrected chi connectivity index (χ0v) is 21.1. The van der Waals surface area contributed by atoms with E-state index in [-0.39, 0.29) is 29.1 Å². The van der Waals surface area contributed by atoms with E-state index in [9.17, 15) is 14.4 Å². The summed E-state index contributed by atoms with van der Waals surface area (Å²) >= 11 is 1.41. The molecule has 0 unspecified atom stereocenters. The van der Waals surface area contributed by atoms with Crippen molar-refractivity contribution in [1.82, 2.24) is 10.2 Å². The van der Waals surface area contributed by atoms with Gasteiger partial charge in [-0.25, -0.2) is 4.79 Å². The Labute approximate surface area is 199 Å². The van der Waals surface area contributed by atoms with Crippen LogP contribution in [0.3, 0.4) is 0 Å². The third-order valence-corrected chi connectivity index (χ3v) is 6.99. The molecule has 3 rings (SSSR count). The molecule has 7 nitrogen and oxygen atoms in total. The van der Waals surface area contributed by atoms with Gasteiger partial charge in [0.15, 0.2) is 0 Å². The number of anilines is 2. The summed E-state index contributed by atoms with van der Waals surface area (Å²) in [6.45, 7) is 13.7. The van der Waals surface area contributed by atoms with E-state index in [1.54, 1.807) is 4.90 Å². The maximum atomic E-state index is 13.4. The zero-order chi connectivity index (χ0) is 24.4. The molecule has 0 radical (unpaired) electrons. The highest BCUT2D eigenvalue weighted by Crippen LogP contribution is 2.37. The summed E-state index contributed by atoms with van der Waals surface area (Å²) in [5.74, 6) is -0.232. The molecular formula is C25H34N4O3S. The van der Waals surface area contributed by atoms with Crippen LogP contribution in [0.15, 0.2) is 30.3 Å². The van der Waals surface area contributed by atoms with Crippen molar-refractivity contribution in [2.45, 2.75) is 58.8 Å². The highest BCUT2D eigenvalue weighted by Gasteiger charge is 2.28. The minimum absolute atomic E-state index is 0.0544. The fraction of sp³-hybridized carbons (Fsp3) is 0.480. The minimum atomic E-state index is -0.393. The van der Waals surface area contributed by atoms with Crippen molar-refractivity contribution in [3.63, 3.8) is 0 Å². The van der Waals surface area contributed by atoms with Gasteiger partial charge in [-0.2, -0.15) is 0 Å². The predicted molar refractivity (Wildman–Crippen MR) is 134 cm³/mol. The molecule has 3 N–H and O–H groups in total. The first kappa shape index (κ1) is 24.8. The number of hydrogen-bond donors (Lipinski definition) is 3. The van der Waals surface area contributed by atoms with Gasteiger partial charge >= 0.3 is 6.03 Å². The third-order valence-electron chi connectivity index (χ3n) is 5.51. The van der Waals surface area contributed by atoms with Crippen LogP contribution in [-0.4, -0.2) is 42.4 Å². The van der Waals surface area contributed by atoms with Gasteiger partial charge in [0.2, 0.25) is 5.91 Å². The number of rotatable bonds is 3. The zero-order valence-electron chi connectivity index (χ0n) is 20.3. The van der Waals surface area contributed by atoms with Gasteiger partial charge in [-0.3, -0.25) is 14.9 Å². The molecule has 1 fully saturated rings. The first-order chi connectivity index (χ1) is 15.4. The van der Waals surface area contributed by atoms with Crippen molar-refractivity contribution in [3.05, 3.63) is 46.3 Å². The minimum Gasteiger partial charge on any atom is -0.354 e. The molecule has 2 aromatic rings. The molecule has 0 spiro atoms. The molecule has 1 saturated heterocycles. The van der Waals surface area contributed by atoms with Gasteiger partial charge in [0, 0.05) is 36.6 Å². The van der Waals surface area contributed by atoms with E-state index in [1.807, 2.05) is 30.3 Å². The smallest absolute Gasteiger partial charge is 0.324 e. The molecule has 1 aromatic carbocycles. The van der Waals surface area contributed by atoms with E-state index in [0.717, 1.165) is 16.1 Å². The lowest BCUT2D eigenvalue weighted by atomic mass is 9.86. The van der Waals surface area contributed by atoms with Gasteiger partial charge < -0.3 is 15.5 Å². The van der Waals surface area contributed by atoms with Crippen LogP contribution >= 0.6 is 11.3 Å². The van der Waals surface area contributed by atoms with Crippen molar-refractivity contribution in [1.29, 1.82) is 0 Å². The number of amides is 4. The number of thiophene rings is 1. The lowest BCUT2D eigenvalue weighted by Gasteiger charge is -2.23. The lowest BCUT2D eigenvalue weighted by molar-refractivity contribution is -0.120. The topological polar surface area (TPSA) is 90.5 Å². The monoisotopic (exact) mass is 470 g/mol. The molecule has 0 saturated carbocycles. The summed E-state index contributed by atoms with van der Waals surface area (Å²) in [7, 11) is 0. The Morgan fingerprint density at radius 1 is 1.00 bits per heavy atom. The van der Waals surface area contributed by atoms with E-state index in [2.05, 4.69) is 57.5 Å². The molecule has 178 valence electrons. The van der Waals surface area contributed by atoms with Gasteiger partial charge in [-0.1, -0.05) is 59.7 Å². The van der Waals surface area contributed by atoms with Crippen molar-refractivity contribution in [2.75, 3.05) is 30.3 Å². The number of nitrogens with one attached hydrogen (secondary N) is 3. The van der Waals surface area contributed by atoms with Crippen LogP contribution in [0.1, 0.15) is 68.8 Å². The summed E-state index contributed by atoms with van der Waals surface area (Å²) in [6, 6.07) is 9.19. The average Bonchev–Trinajstić information content (AvgIpc) is 3.01. The molecule has 1 aliphatic heterocycles. The molecule has 1 aromatic heterocycles. The lowest BCUT2D eigenvalue weighted by Crippen LogP contribution is -2.34. The largest absolute Gasteiger partial charge is 0.354 e. The second-order valence-corrected chi connectivity index (χ2v) is 11.4. The van der Waals surface area contributed by atoms with E-state index >= 15 is 0 Å². The Morgan fingerprint density at radius 3 is 2.36 bits per heavy atom. The van der Waals surface area contributed by atoms with Crippen molar-refractivity contribution in [3.8, 4) is 0 Å². The third kappa shape index (κ3) is 6.13. The van der Waals surface area contributed by atoms with Gasteiger partial charge in [0.1, 0.15) is 5.00 Å². The second kappa shape index (κ2) is 9.55. The molecule has 8 heteroatoms. The summed E-state index contributed by atoms with van der Waals surface area (Å²) in [4.78, 5) is 40.7. The normalized spacial score (nSPS) is 15.0. The maximum absolute atomic E-state index is 13.4. The molecule has 2 heterocycles. The molecule has 33 heavy (non-hydrogen) atoms. The van der Waals surface area contributed by atoms with E-state index < -0.39 is 6.03 Å². The first-order valence-corrected chi connectivity index (χ1v) is 12.1. The van der Waals surface area contributed by atoms with Crippen LogP contribution in [0.2, 0.25) is 0 Å². The summed E-state index contributed by atoms with van der Waals surface area (Å²) < 4.78 is 0. The van der Waals surface area contributed by atoms with Crippen molar-refractivity contribution in [2.24, 2.45) is 0 Å². The Kier molecular flexibility index (Phi) is 7.17. The number of nitrogens with zero attached hydrogens (tertiary/aromatic N) is 1. The average molecular weight is 471 g/mol. The molecule has 0 aliphatic carbocycles. The van der Waals surface area contributed by atoms with Crippen LogP contribution in [0.4, 0.5) is 15.5 Å². The number of para-hydroxylation sites is 1. The number of urea groups is 1. The van der Waals surface area contributed by atoms with Crippen LogP contribution < -0.4 is 16.0 Å². The highest BCUT2D eigenvalue weighted by molar-refractivity contribution is 7.16.